The van der Waals surface area contributed by atoms with E-state index in [0.717, 1.165) is 38.8 Å². The van der Waals surface area contributed by atoms with Crippen molar-refractivity contribution in [2.45, 2.75) is 50.7 Å². The van der Waals surface area contributed by atoms with Crippen LogP contribution in [0.4, 0.5) is 0 Å². The average Bonchev–Trinajstić information content (AvgIpc) is 3.00. The minimum atomic E-state index is -0.350. The molecule has 3 rings (SSSR count). The lowest BCUT2D eigenvalue weighted by atomic mass is 9.84. The maximum Gasteiger partial charge on any atom is 0.257 e. The number of hydrogen-bond acceptors (Lipinski definition) is 6. The van der Waals surface area contributed by atoms with Crippen LogP contribution in [-0.4, -0.2) is 36.4 Å². The van der Waals surface area contributed by atoms with E-state index in [-0.39, 0.29) is 11.7 Å². The van der Waals surface area contributed by atoms with Crippen LogP contribution < -0.4 is 5.32 Å². The van der Waals surface area contributed by atoms with Crippen LogP contribution in [0.5, 0.6) is 0 Å². The van der Waals surface area contributed by atoms with Crippen LogP contribution >= 0.6 is 0 Å². The molecule has 1 aliphatic heterocycles. The van der Waals surface area contributed by atoms with Gasteiger partial charge in [0.05, 0.1) is 6.61 Å². The summed E-state index contributed by atoms with van der Waals surface area (Å²) in [6.07, 6.45) is 5.39. The highest BCUT2D eigenvalue weighted by molar-refractivity contribution is 5.05. The van der Waals surface area contributed by atoms with Crippen molar-refractivity contribution >= 4 is 0 Å². The molecule has 0 bridgehead atoms. The Kier molecular flexibility index (Phi) is 4.33. The number of nitrogens with one attached hydrogen (secondary N) is 1. The molecule has 1 atom stereocenters. The monoisotopic (exact) mass is 281 g/mol. The van der Waals surface area contributed by atoms with E-state index in [1.807, 2.05) is 6.92 Å². The molecule has 6 heteroatoms. The first kappa shape index (κ1) is 14.0. The van der Waals surface area contributed by atoms with Gasteiger partial charge < -0.3 is 19.3 Å². The van der Waals surface area contributed by atoms with Crippen molar-refractivity contribution in [1.29, 1.82) is 0 Å². The highest BCUT2D eigenvalue weighted by Crippen LogP contribution is 2.39. The maximum absolute atomic E-state index is 6.02. The molecule has 0 spiro atoms. The van der Waals surface area contributed by atoms with Gasteiger partial charge in [-0.05, 0) is 19.8 Å². The average molecular weight is 281 g/mol. The van der Waals surface area contributed by atoms with Gasteiger partial charge in [0.2, 0.25) is 5.82 Å². The number of nitrogens with zero attached hydrogens (tertiary/aromatic N) is 2. The number of rotatable bonds is 4. The Morgan fingerprint density at radius 1 is 1.35 bits per heavy atom. The van der Waals surface area contributed by atoms with Gasteiger partial charge in [0.25, 0.3) is 5.89 Å². The molecule has 2 fully saturated rings. The van der Waals surface area contributed by atoms with E-state index < -0.39 is 0 Å². The SMILES string of the molecule is CCOC1(c2noc(C3CNCCO3)n2)CCCCC1. The molecule has 0 amide bonds. The van der Waals surface area contributed by atoms with E-state index in [1.54, 1.807) is 0 Å². The van der Waals surface area contributed by atoms with Crippen molar-refractivity contribution in [3.8, 4) is 0 Å². The highest BCUT2D eigenvalue weighted by atomic mass is 16.5. The van der Waals surface area contributed by atoms with Gasteiger partial charge in [-0.25, -0.2) is 0 Å². The summed E-state index contributed by atoms with van der Waals surface area (Å²) in [5, 5.41) is 7.46. The first-order chi connectivity index (χ1) is 9.84. The summed E-state index contributed by atoms with van der Waals surface area (Å²) < 4.78 is 17.1. The molecule has 0 aromatic carbocycles. The maximum atomic E-state index is 6.02. The molecule has 20 heavy (non-hydrogen) atoms. The number of morpholine rings is 1. The zero-order chi connectivity index (χ0) is 13.8. The Morgan fingerprint density at radius 3 is 2.90 bits per heavy atom. The molecule has 1 saturated carbocycles. The van der Waals surface area contributed by atoms with Crippen LogP contribution in [-0.2, 0) is 15.1 Å². The first-order valence-electron chi connectivity index (χ1n) is 7.64. The summed E-state index contributed by atoms with van der Waals surface area (Å²) >= 11 is 0. The summed E-state index contributed by atoms with van der Waals surface area (Å²) in [5.74, 6) is 1.26. The number of aromatic nitrogens is 2. The van der Waals surface area contributed by atoms with Crippen LogP contribution in [0, 0.1) is 0 Å². The van der Waals surface area contributed by atoms with Crippen molar-refractivity contribution < 1.29 is 14.0 Å². The fourth-order valence-corrected chi connectivity index (χ4v) is 3.11. The van der Waals surface area contributed by atoms with E-state index in [2.05, 4.69) is 15.5 Å². The van der Waals surface area contributed by atoms with Crippen molar-refractivity contribution in [3.05, 3.63) is 11.7 Å². The van der Waals surface area contributed by atoms with Crippen LogP contribution in [0.1, 0.15) is 56.8 Å². The normalized spacial score (nSPS) is 26.6. The molecular weight excluding hydrogens is 258 g/mol. The van der Waals surface area contributed by atoms with E-state index >= 15 is 0 Å². The van der Waals surface area contributed by atoms with E-state index in [4.69, 9.17) is 14.0 Å². The van der Waals surface area contributed by atoms with Gasteiger partial charge in [0.1, 0.15) is 11.7 Å². The molecule has 1 aromatic rings. The van der Waals surface area contributed by atoms with Gasteiger partial charge >= 0.3 is 0 Å². The Bertz CT molecular complexity index is 418. The van der Waals surface area contributed by atoms with Gasteiger partial charge in [-0.2, -0.15) is 4.98 Å². The molecule has 1 aromatic heterocycles. The summed E-state index contributed by atoms with van der Waals surface area (Å²) in [6, 6.07) is 0. The van der Waals surface area contributed by atoms with Crippen LogP contribution in [0.15, 0.2) is 4.52 Å². The molecule has 2 heterocycles. The lowest BCUT2D eigenvalue weighted by molar-refractivity contribution is -0.0777. The third kappa shape index (κ3) is 2.73. The van der Waals surface area contributed by atoms with Crippen molar-refractivity contribution in [2.75, 3.05) is 26.3 Å². The van der Waals surface area contributed by atoms with Crippen LogP contribution in [0.3, 0.4) is 0 Å². The predicted octanol–water partition coefficient (Wildman–Crippen LogP) is 1.93. The topological polar surface area (TPSA) is 69.4 Å². The molecule has 0 radical (unpaired) electrons. The molecule has 6 nitrogen and oxygen atoms in total. The van der Waals surface area contributed by atoms with Crippen molar-refractivity contribution in [1.82, 2.24) is 15.5 Å². The third-order valence-corrected chi connectivity index (χ3v) is 4.13. The van der Waals surface area contributed by atoms with Crippen molar-refractivity contribution in [2.24, 2.45) is 0 Å². The Labute approximate surface area is 119 Å². The Balaban J connectivity index is 1.79. The van der Waals surface area contributed by atoms with Gasteiger partial charge in [-0.3, -0.25) is 0 Å². The van der Waals surface area contributed by atoms with Gasteiger partial charge in [-0.15, -0.1) is 0 Å². The minimum Gasteiger partial charge on any atom is -0.367 e. The molecule has 1 N–H and O–H groups in total. The Hall–Kier alpha value is -0.980. The van der Waals surface area contributed by atoms with E-state index in [0.29, 0.717) is 24.9 Å². The van der Waals surface area contributed by atoms with E-state index in [1.165, 1.54) is 6.42 Å². The second kappa shape index (κ2) is 6.20. The lowest BCUT2D eigenvalue weighted by Crippen LogP contribution is -2.35. The van der Waals surface area contributed by atoms with Gasteiger partial charge in [-0.1, -0.05) is 24.4 Å². The van der Waals surface area contributed by atoms with Crippen molar-refractivity contribution in [3.63, 3.8) is 0 Å². The highest BCUT2D eigenvalue weighted by Gasteiger charge is 2.40. The standard InChI is InChI=1S/C14H23N3O3/c1-2-19-14(6-4-3-5-7-14)13-16-12(20-17-13)11-10-15-8-9-18-11/h11,15H,2-10H2,1H3. The fourth-order valence-electron chi connectivity index (χ4n) is 3.11. The van der Waals surface area contributed by atoms with E-state index in [9.17, 15) is 0 Å². The van der Waals surface area contributed by atoms with Gasteiger partial charge in [0, 0.05) is 19.7 Å². The first-order valence-corrected chi connectivity index (χ1v) is 7.64. The fraction of sp³-hybridized carbons (Fsp3) is 0.857. The molecule has 1 aliphatic carbocycles. The third-order valence-electron chi connectivity index (χ3n) is 4.13. The predicted molar refractivity (Wildman–Crippen MR) is 72.2 cm³/mol. The summed E-state index contributed by atoms with van der Waals surface area (Å²) in [7, 11) is 0. The summed E-state index contributed by atoms with van der Waals surface area (Å²) in [5.41, 5.74) is -0.350. The number of hydrogen-bond donors (Lipinski definition) is 1. The largest absolute Gasteiger partial charge is 0.367 e. The second-order valence-electron chi connectivity index (χ2n) is 5.51. The molecular formula is C14H23N3O3. The molecule has 2 aliphatic rings. The van der Waals surface area contributed by atoms with Crippen LogP contribution in [0.2, 0.25) is 0 Å². The lowest BCUT2D eigenvalue weighted by Gasteiger charge is -2.33. The molecule has 1 unspecified atom stereocenters. The summed E-state index contributed by atoms with van der Waals surface area (Å²) in [4.78, 5) is 4.58. The van der Waals surface area contributed by atoms with Crippen LogP contribution in [0.25, 0.3) is 0 Å². The van der Waals surface area contributed by atoms with Gasteiger partial charge in [0.15, 0.2) is 0 Å². The molecule has 1 saturated heterocycles. The zero-order valence-electron chi connectivity index (χ0n) is 12.1. The minimum absolute atomic E-state index is 0.132. The summed E-state index contributed by atoms with van der Waals surface area (Å²) in [6.45, 7) is 4.97. The quantitative estimate of drug-likeness (QED) is 0.909. The number of ether oxygens (including phenoxy) is 2. The molecule has 112 valence electrons. The second-order valence-corrected chi connectivity index (χ2v) is 5.51. The Morgan fingerprint density at radius 2 is 2.20 bits per heavy atom. The zero-order valence-corrected chi connectivity index (χ0v) is 12.1. The smallest absolute Gasteiger partial charge is 0.257 e.